The smallest absolute Gasteiger partial charge is 0.272 e. The summed E-state index contributed by atoms with van der Waals surface area (Å²) in [5, 5.41) is 14.5. The van der Waals surface area contributed by atoms with Crippen molar-refractivity contribution in [2.24, 2.45) is 13.0 Å². The number of aromatic nitrogens is 2. The highest BCUT2D eigenvalue weighted by Gasteiger charge is 2.25. The third-order valence-electron chi connectivity index (χ3n) is 4.47. The van der Waals surface area contributed by atoms with Crippen molar-refractivity contribution >= 4 is 5.91 Å². The van der Waals surface area contributed by atoms with Crippen LogP contribution in [-0.2, 0) is 13.5 Å². The number of aliphatic hydroxyl groups is 1. The van der Waals surface area contributed by atoms with Crippen LogP contribution in [0.2, 0.25) is 0 Å². The van der Waals surface area contributed by atoms with Gasteiger partial charge in [0.05, 0.1) is 11.8 Å². The molecule has 142 valence electrons. The summed E-state index contributed by atoms with van der Waals surface area (Å²) in [4.78, 5) is 18.9. The normalized spacial score (nSPS) is 17.5. The number of aryl methyl sites for hydroxylation is 1. The highest BCUT2D eigenvalue weighted by Crippen LogP contribution is 2.13. The van der Waals surface area contributed by atoms with Crippen LogP contribution in [-0.4, -0.2) is 95.0 Å². The zero-order chi connectivity index (χ0) is 18.6. The Bertz CT molecular complexity index is 562. The topological polar surface area (TPSA) is 64.8 Å². The maximum Gasteiger partial charge on any atom is 0.272 e. The average molecular weight is 351 g/mol. The molecule has 1 aliphatic rings. The summed E-state index contributed by atoms with van der Waals surface area (Å²) in [5.74, 6) is 0.577. The quantitative estimate of drug-likeness (QED) is 0.765. The van der Waals surface area contributed by atoms with Crippen LogP contribution in [0.1, 0.15) is 30.0 Å². The highest BCUT2D eigenvalue weighted by molar-refractivity contribution is 5.92. The van der Waals surface area contributed by atoms with Gasteiger partial charge in [0, 0.05) is 46.3 Å². The molecule has 1 atom stereocenters. The fraction of sp³-hybridized carbons (Fsp3) is 0.778. The number of carbonyl (C=O) groups excluding carboxylic acids is 1. The van der Waals surface area contributed by atoms with Gasteiger partial charge in [0.1, 0.15) is 5.69 Å². The van der Waals surface area contributed by atoms with E-state index in [1.165, 1.54) is 0 Å². The summed E-state index contributed by atoms with van der Waals surface area (Å²) in [6.45, 7) is 8.60. The molecular weight excluding hydrogens is 318 g/mol. The first kappa shape index (κ1) is 19.9. The van der Waals surface area contributed by atoms with E-state index in [4.69, 9.17) is 0 Å². The fourth-order valence-electron chi connectivity index (χ4n) is 3.32. The molecular formula is C18H33N5O2. The van der Waals surface area contributed by atoms with Crippen molar-refractivity contribution in [3.8, 4) is 0 Å². The Hall–Kier alpha value is -1.44. The number of carbonyl (C=O) groups is 1. The lowest BCUT2D eigenvalue weighted by molar-refractivity contribution is 0.0472. The van der Waals surface area contributed by atoms with Crippen LogP contribution in [0.15, 0.2) is 6.07 Å². The van der Waals surface area contributed by atoms with Crippen molar-refractivity contribution in [1.82, 2.24) is 24.5 Å². The summed E-state index contributed by atoms with van der Waals surface area (Å²) in [6, 6.07) is 1.93. The van der Waals surface area contributed by atoms with Crippen molar-refractivity contribution in [3.63, 3.8) is 0 Å². The number of amides is 1. The molecule has 1 amide bonds. The van der Waals surface area contributed by atoms with Crippen LogP contribution in [0.25, 0.3) is 0 Å². The number of hydrogen-bond donors (Lipinski definition) is 1. The molecule has 0 saturated carbocycles. The molecule has 1 fully saturated rings. The highest BCUT2D eigenvalue weighted by atomic mass is 16.3. The van der Waals surface area contributed by atoms with Gasteiger partial charge in [0.15, 0.2) is 0 Å². The Balaban J connectivity index is 1.88. The monoisotopic (exact) mass is 351 g/mol. The second-order valence-corrected chi connectivity index (χ2v) is 7.75. The lowest BCUT2D eigenvalue weighted by Gasteiger charge is -2.35. The number of aliphatic hydroxyl groups excluding tert-OH is 1. The van der Waals surface area contributed by atoms with E-state index in [0.717, 1.165) is 25.2 Å². The number of piperazine rings is 1. The molecule has 1 aliphatic heterocycles. The molecule has 7 nitrogen and oxygen atoms in total. The molecule has 1 saturated heterocycles. The maximum atomic E-state index is 12.8. The third kappa shape index (κ3) is 5.80. The second-order valence-electron chi connectivity index (χ2n) is 7.75. The zero-order valence-corrected chi connectivity index (χ0v) is 16.3. The van der Waals surface area contributed by atoms with Crippen molar-refractivity contribution in [2.75, 3.05) is 53.4 Å². The first-order valence-corrected chi connectivity index (χ1v) is 9.13. The van der Waals surface area contributed by atoms with Crippen molar-refractivity contribution < 1.29 is 9.90 Å². The van der Waals surface area contributed by atoms with Crippen molar-refractivity contribution in [3.05, 3.63) is 17.5 Å². The van der Waals surface area contributed by atoms with Crippen molar-refractivity contribution in [1.29, 1.82) is 0 Å². The largest absolute Gasteiger partial charge is 0.390 e. The van der Waals surface area contributed by atoms with Crippen LogP contribution >= 0.6 is 0 Å². The first-order chi connectivity index (χ1) is 11.8. The minimum Gasteiger partial charge on any atom is -0.390 e. The summed E-state index contributed by atoms with van der Waals surface area (Å²) in [5.41, 5.74) is 1.64. The predicted octanol–water partition coefficient (Wildman–Crippen LogP) is 0.299. The van der Waals surface area contributed by atoms with E-state index in [0.29, 0.717) is 37.8 Å². The predicted molar refractivity (Wildman–Crippen MR) is 98.7 cm³/mol. The van der Waals surface area contributed by atoms with Crippen LogP contribution in [0.3, 0.4) is 0 Å². The maximum absolute atomic E-state index is 12.8. The van der Waals surface area contributed by atoms with E-state index in [2.05, 4.69) is 23.8 Å². The molecule has 0 unspecified atom stereocenters. The minimum atomic E-state index is -0.354. The summed E-state index contributed by atoms with van der Waals surface area (Å²) in [6.07, 6.45) is 0.534. The van der Waals surface area contributed by atoms with Crippen LogP contribution < -0.4 is 0 Å². The summed E-state index contributed by atoms with van der Waals surface area (Å²) in [7, 11) is 5.76. The van der Waals surface area contributed by atoms with Gasteiger partial charge in [-0.3, -0.25) is 14.4 Å². The second kappa shape index (κ2) is 8.78. The van der Waals surface area contributed by atoms with Gasteiger partial charge in [0.2, 0.25) is 0 Å². The van der Waals surface area contributed by atoms with Gasteiger partial charge in [-0.2, -0.15) is 5.10 Å². The Morgan fingerprint density at radius 1 is 1.28 bits per heavy atom. The number of rotatable bonds is 7. The van der Waals surface area contributed by atoms with E-state index in [9.17, 15) is 9.90 Å². The van der Waals surface area contributed by atoms with Gasteiger partial charge < -0.3 is 14.9 Å². The zero-order valence-electron chi connectivity index (χ0n) is 16.3. The Labute approximate surface area is 151 Å². The van der Waals surface area contributed by atoms with Gasteiger partial charge in [-0.1, -0.05) is 13.8 Å². The minimum absolute atomic E-state index is 0.0542. The number of likely N-dealkylation sites (N-methyl/N-ethyl adjacent to an activating group) is 1. The molecule has 0 spiro atoms. The summed E-state index contributed by atoms with van der Waals surface area (Å²) < 4.78 is 1.70. The molecule has 2 rings (SSSR count). The Kier molecular flexibility index (Phi) is 6.98. The van der Waals surface area contributed by atoms with E-state index in [-0.39, 0.29) is 12.0 Å². The van der Waals surface area contributed by atoms with E-state index >= 15 is 0 Å². The van der Waals surface area contributed by atoms with E-state index in [1.54, 1.807) is 4.68 Å². The third-order valence-corrected chi connectivity index (χ3v) is 4.47. The molecule has 25 heavy (non-hydrogen) atoms. The molecule has 0 aliphatic carbocycles. The standard InChI is InChI=1S/C18H33N5O2/c1-14(2)10-15-11-17(21(5)19-15)18(25)23-8-6-22(7-9-23)13-16(24)12-20(3)4/h11,14,16,24H,6-10,12-13H2,1-5H3/t16-/m0/s1. The van der Waals surface area contributed by atoms with Gasteiger partial charge in [-0.25, -0.2) is 0 Å². The lowest BCUT2D eigenvalue weighted by atomic mass is 10.1. The van der Waals surface area contributed by atoms with E-state index in [1.807, 2.05) is 37.0 Å². The van der Waals surface area contributed by atoms with Crippen molar-refractivity contribution in [2.45, 2.75) is 26.4 Å². The fourth-order valence-corrected chi connectivity index (χ4v) is 3.32. The average Bonchev–Trinajstić information content (AvgIpc) is 2.86. The van der Waals surface area contributed by atoms with Crippen LogP contribution in [0.4, 0.5) is 0 Å². The number of β-amino-alcohol motifs (C(OH)–C–C–N with tert-alkyl or cyclic N) is 1. The van der Waals surface area contributed by atoms with E-state index < -0.39 is 0 Å². The molecule has 1 N–H and O–H groups in total. The molecule has 0 aromatic carbocycles. The summed E-state index contributed by atoms with van der Waals surface area (Å²) >= 11 is 0. The molecule has 2 heterocycles. The van der Waals surface area contributed by atoms with Gasteiger partial charge in [-0.15, -0.1) is 0 Å². The number of nitrogens with zero attached hydrogens (tertiary/aromatic N) is 5. The van der Waals surface area contributed by atoms with Gasteiger partial charge in [0.25, 0.3) is 5.91 Å². The molecule has 0 bridgehead atoms. The van der Waals surface area contributed by atoms with Gasteiger partial charge in [-0.05, 0) is 32.5 Å². The Morgan fingerprint density at radius 2 is 1.92 bits per heavy atom. The number of hydrogen-bond acceptors (Lipinski definition) is 5. The SMILES string of the molecule is CC(C)Cc1cc(C(=O)N2CCN(C[C@@H](O)CN(C)C)CC2)n(C)n1. The van der Waals surface area contributed by atoms with Crippen LogP contribution in [0, 0.1) is 5.92 Å². The first-order valence-electron chi connectivity index (χ1n) is 9.13. The molecule has 7 heteroatoms. The Morgan fingerprint density at radius 3 is 2.48 bits per heavy atom. The van der Waals surface area contributed by atoms with Crippen LogP contribution in [0.5, 0.6) is 0 Å². The molecule has 0 radical (unpaired) electrons. The molecule has 1 aromatic heterocycles. The molecule has 1 aromatic rings. The lowest BCUT2D eigenvalue weighted by Crippen LogP contribution is -2.51. The van der Waals surface area contributed by atoms with Gasteiger partial charge >= 0.3 is 0 Å².